The number of sulfonamides is 1. The van der Waals surface area contributed by atoms with Crippen LogP contribution in [0.25, 0.3) is 4.96 Å². The molecule has 8 heteroatoms. The lowest BCUT2D eigenvalue weighted by atomic mass is 10.1. The lowest BCUT2D eigenvalue weighted by Gasteiger charge is -2.27. The molecule has 0 saturated carbocycles. The van der Waals surface area contributed by atoms with Crippen LogP contribution in [0.2, 0.25) is 5.15 Å². The summed E-state index contributed by atoms with van der Waals surface area (Å²) in [5.41, 5.74) is 0. The summed E-state index contributed by atoms with van der Waals surface area (Å²) in [6.07, 6.45) is 6.51. The Morgan fingerprint density at radius 3 is 3.00 bits per heavy atom. The molecule has 1 aliphatic heterocycles. The van der Waals surface area contributed by atoms with Gasteiger partial charge < -0.3 is 0 Å². The zero-order chi connectivity index (χ0) is 15.0. The first-order chi connectivity index (χ1) is 10.1. The third kappa shape index (κ3) is 2.60. The van der Waals surface area contributed by atoms with E-state index in [1.54, 1.807) is 14.9 Å². The number of aromatic nitrogens is 2. The minimum absolute atomic E-state index is 0.0535. The topological polar surface area (TPSA) is 54.7 Å². The van der Waals surface area contributed by atoms with Crippen LogP contribution in [0.3, 0.4) is 0 Å². The van der Waals surface area contributed by atoms with Gasteiger partial charge in [0.05, 0.1) is 0 Å². The predicted octanol–water partition coefficient (Wildman–Crippen LogP) is 3.39. The molecule has 0 radical (unpaired) electrons. The Bertz CT molecular complexity index is 738. The van der Waals surface area contributed by atoms with E-state index in [-0.39, 0.29) is 16.2 Å². The second-order valence-corrected chi connectivity index (χ2v) is 8.33. The molecule has 1 aliphatic rings. The lowest BCUT2D eigenvalue weighted by Crippen LogP contribution is -2.40. The van der Waals surface area contributed by atoms with Gasteiger partial charge in [0.25, 0.3) is 10.0 Å². The third-order valence-corrected chi connectivity index (χ3v) is 7.14. The molecule has 2 aromatic rings. The molecule has 0 bridgehead atoms. The minimum Gasteiger partial charge on any atom is -0.279 e. The fourth-order valence-corrected chi connectivity index (χ4v) is 6.13. The van der Waals surface area contributed by atoms with E-state index in [4.69, 9.17) is 11.6 Å². The third-order valence-electron chi connectivity index (χ3n) is 4.03. The van der Waals surface area contributed by atoms with Gasteiger partial charge in [0, 0.05) is 24.2 Å². The van der Waals surface area contributed by atoms with Crippen molar-refractivity contribution in [3.8, 4) is 0 Å². The maximum atomic E-state index is 13.1. The van der Waals surface area contributed by atoms with Crippen molar-refractivity contribution in [2.75, 3.05) is 6.54 Å². The monoisotopic (exact) mass is 347 g/mol. The molecule has 21 heavy (non-hydrogen) atoms. The molecule has 0 N–H and O–H groups in total. The van der Waals surface area contributed by atoms with E-state index < -0.39 is 10.0 Å². The van der Waals surface area contributed by atoms with Gasteiger partial charge in [-0.25, -0.2) is 13.4 Å². The van der Waals surface area contributed by atoms with Crippen molar-refractivity contribution in [3.05, 3.63) is 16.7 Å². The predicted molar refractivity (Wildman–Crippen MR) is 84.5 cm³/mol. The summed E-state index contributed by atoms with van der Waals surface area (Å²) in [7, 11) is -3.62. The summed E-state index contributed by atoms with van der Waals surface area (Å²) in [6, 6.07) is 0.0535. The number of hydrogen-bond donors (Lipinski definition) is 0. The fourth-order valence-electron chi connectivity index (χ4n) is 2.96. The largest absolute Gasteiger partial charge is 0.279 e. The molecule has 0 spiro atoms. The second-order valence-electron chi connectivity index (χ2n) is 5.29. The number of imidazole rings is 1. The highest BCUT2D eigenvalue weighted by atomic mass is 35.5. The van der Waals surface area contributed by atoms with E-state index in [2.05, 4.69) is 4.98 Å². The Labute approximate surface area is 133 Å². The van der Waals surface area contributed by atoms with Crippen molar-refractivity contribution in [2.45, 2.75) is 50.1 Å². The molecule has 1 atom stereocenters. The van der Waals surface area contributed by atoms with E-state index in [1.807, 2.05) is 12.3 Å². The quantitative estimate of drug-likeness (QED) is 0.855. The molecule has 116 valence electrons. The number of halogens is 1. The average molecular weight is 348 g/mol. The van der Waals surface area contributed by atoms with Crippen molar-refractivity contribution in [2.24, 2.45) is 0 Å². The van der Waals surface area contributed by atoms with Crippen molar-refractivity contribution in [3.63, 3.8) is 0 Å². The summed E-state index contributed by atoms with van der Waals surface area (Å²) in [5, 5.41) is 2.00. The van der Waals surface area contributed by atoms with E-state index in [9.17, 15) is 8.42 Å². The average Bonchev–Trinajstić information content (AvgIpc) is 2.88. The van der Waals surface area contributed by atoms with Crippen molar-refractivity contribution >= 4 is 37.9 Å². The zero-order valence-electron chi connectivity index (χ0n) is 11.8. The minimum atomic E-state index is -3.62. The summed E-state index contributed by atoms with van der Waals surface area (Å²) >= 11 is 7.49. The number of nitrogens with zero attached hydrogens (tertiary/aromatic N) is 3. The van der Waals surface area contributed by atoms with Crippen molar-refractivity contribution in [1.82, 2.24) is 13.7 Å². The van der Waals surface area contributed by atoms with Gasteiger partial charge in [-0.15, -0.1) is 11.3 Å². The molecular formula is C13H18ClN3O2S2. The van der Waals surface area contributed by atoms with Crippen LogP contribution in [0.4, 0.5) is 0 Å². The van der Waals surface area contributed by atoms with Gasteiger partial charge in [0.2, 0.25) is 0 Å². The lowest BCUT2D eigenvalue weighted by molar-refractivity contribution is 0.314. The Morgan fingerprint density at radius 1 is 1.43 bits per heavy atom. The van der Waals surface area contributed by atoms with E-state index >= 15 is 0 Å². The molecule has 3 heterocycles. The molecule has 1 unspecified atom stereocenters. The van der Waals surface area contributed by atoms with Gasteiger partial charge >= 0.3 is 0 Å². The summed E-state index contributed by atoms with van der Waals surface area (Å²) in [5.74, 6) is 0. The highest BCUT2D eigenvalue weighted by Crippen LogP contribution is 2.31. The van der Waals surface area contributed by atoms with Gasteiger partial charge in [-0.1, -0.05) is 31.4 Å². The van der Waals surface area contributed by atoms with Crippen LogP contribution >= 0.6 is 22.9 Å². The Kier molecular flexibility index (Phi) is 4.27. The van der Waals surface area contributed by atoms with Crippen LogP contribution in [-0.2, 0) is 10.0 Å². The van der Waals surface area contributed by atoms with Crippen LogP contribution in [0.5, 0.6) is 0 Å². The first-order valence-corrected chi connectivity index (χ1v) is 9.88. The summed E-state index contributed by atoms with van der Waals surface area (Å²) in [4.78, 5) is 4.76. The van der Waals surface area contributed by atoms with E-state index in [0.29, 0.717) is 11.5 Å². The number of fused-ring (bicyclic) bond motifs is 1. The number of rotatable bonds is 3. The molecule has 0 amide bonds. The zero-order valence-corrected chi connectivity index (χ0v) is 14.2. The molecule has 2 aromatic heterocycles. The van der Waals surface area contributed by atoms with Crippen LogP contribution in [0.15, 0.2) is 16.6 Å². The second kappa shape index (κ2) is 5.87. The Morgan fingerprint density at radius 2 is 2.24 bits per heavy atom. The van der Waals surface area contributed by atoms with E-state index in [0.717, 1.165) is 32.1 Å². The van der Waals surface area contributed by atoms with Gasteiger partial charge in [-0.05, 0) is 19.3 Å². The van der Waals surface area contributed by atoms with Crippen molar-refractivity contribution < 1.29 is 8.42 Å². The SMILES string of the molecule is CCC1CCCCCN1S(=O)(=O)c1c(Cl)nc2sccn12. The van der Waals surface area contributed by atoms with Crippen LogP contribution in [-0.4, -0.2) is 34.7 Å². The first kappa shape index (κ1) is 15.3. The van der Waals surface area contributed by atoms with Gasteiger partial charge in [0.1, 0.15) is 0 Å². The van der Waals surface area contributed by atoms with Crippen LogP contribution in [0.1, 0.15) is 39.0 Å². The highest BCUT2D eigenvalue weighted by molar-refractivity contribution is 7.89. The Balaban J connectivity index is 2.10. The van der Waals surface area contributed by atoms with Gasteiger partial charge in [0.15, 0.2) is 15.1 Å². The van der Waals surface area contributed by atoms with E-state index in [1.165, 1.54) is 11.3 Å². The molecule has 3 rings (SSSR count). The molecule has 5 nitrogen and oxygen atoms in total. The maximum Gasteiger partial charge on any atom is 0.262 e. The van der Waals surface area contributed by atoms with Gasteiger partial charge in [-0.2, -0.15) is 4.31 Å². The standard InChI is InChI=1S/C13H18ClN3O2S2/c1-2-10-6-4-3-5-7-17(10)21(18,19)12-11(14)15-13-16(12)8-9-20-13/h8-10H,2-7H2,1H3. The van der Waals surface area contributed by atoms with Crippen molar-refractivity contribution in [1.29, 1.82) is 0 Å². The number of hydrogen-bond acceptors (Lipinski definition) is 4. The summed E-state index contributed by atoms with van der Waals surface area (Å²) in [6.45, 7) is 2.60. The van der Waals surface area contributed by atoms with Crippen LogP contribution in [0, 0.1) is 0 Å². The number of thiazole rings is 1. The summed E-state index contributed by atoms with van der Waals surface area (Å²) < 4.78 is 29.4. The first-order valence-electron chi connectivity index (χ1n) is 7.18. The fraction of sp³-hybridized carbons (Fsp3) is 0.615. The normalized spacial score (nSPS) is 21.7. The maximum absolute atomic E-state index is 13.1. The van der Waals surface area contributed by atoms with Crippen LogP contribution < -0.4 is 0 Å². The molecule has 0 aromatic carbocycles. The smallest absolute Gasteiger partial charge is 0.262 e. The Hall–Kier alpha value is -0.630. The molecule has 0 aliphatic carbocycles. The highest BCUT2D eigenvalue weighted by Gasteiger charge is 2.35. The molecular weight excluding hydrogens is 330 g/mol. The molecule has 1 saturated heterocycles. The van der Waals surface area contributed by atoms with Gasteiger partial charge in [-0.3, -0.25) is 4.40 Å². The molecule has 1 fully saturated rings.